The fourth-order valence-corrected chi connectivity index (χ4v) is 1.76. The van der Waals surface area contributed by atoms with Gasteiger partial charge < -0.3 is 10.5 Å². The molecule has 0 fully saturated rings. The van der Waals surface area contributed by atoms with Gasteiger partial charge in [-0.15, -0.1) is 0 Å². The second kappa shape index (κ2) is 5.59. The van der Waals surface area contributed by atoms with Crippen LogP contribution in [0.5, 0.6) is 5.75 Å². The Balaban J connectivity index is 3.04. The van der Waals surface area contributed by atoms with Gasteiger partial charge in [-0.25, -0.2) is 0 Å². The van der Waals surface area contributed by atoms with E-state index in [4.69, 9.17) is 33.7 Å². The Morgan fingerprint density at radius 3 is 2.60 bits per heavy atom. The number of ether oxygens (including phenoxy) is 1. The molecule has 0 spiro atoms. The summed E-state index contributed by atoms with van der Waals surface area (Å²) in [6.07, 6.45) is 1.04. The molecule has 84 valence electrons. The van der Waals surface area contributed by atoms with Crippen molar-refractivity contribution in [2.24, 2.45) is 5.73 Å². The van der Waals surface area contributed by atoms with E-state index in [-0.39, 0.29) is 6.10 Å². The van der Waals surface area contributed by atoms with Crippen molar-refractivity contribution in [3.05, 3.63) is 27.7 Å². The molecule has 0 aromatic heterocycles. The van der Waals surface area contributed by atoms with Crippen LogP contribution in [0.15, 0.2) is 12.1 Å². The molecule has 0 saturated carbocycles. The maximum Gasteiger partial charge on any atom is 0.142 e. The Hall–Kier alpha value is -0.440. The number of benzene rings is 1. The summed E-state index contributed by atoms with van der Waals surface area (Å²) in [6, 6.07) is 3.45. The molecule has 2 nitrogen and oxygen atoms in total. The molecule has 0 bridgehead atoms. The summed E-state index contributed by atoms with van der Waals surface area (Å²) in [5, 5.41) is 1.10. The lowest BCUT2D eigenvalue weighted by Crippen LogP contribution is -2.12. The van der Waals surface area contributed by atoms with E-state index >= 15 is 0 Å². The summed E-state index contributed by atoms with van der Waals surface area (Å²) in [6.45, 7) is 4.41. The number of hydrogen-bond acceptors (Lipinski definition) is 2. The van der Waals surface area contributed by atoms with Crippen molar-refractivity contribution < 1.29 is 4.74 Å². The number of nitrogens with two attached hydrogens (primary N) is 1. The minimum Gasteiger partial charge on any atom is -0.489 e. The Kier molecular flexibility index (Phi) is 4.71. The van der Waals surface area contributed by atoms with E-state index in [1.165, 1.54) is 0 Å². The first kappa shape index (κ1) is 12.6. The monoisotopic (exact) mass is 247 g/mol. The van der Waals surface area contributed by atoms with Crippen LogP contribution in [0, 0.1) is 0 Å². The van der Waals surface area contributed by atoms with Crippen LogP contribution in [0.2, 0.25) is 10.0 Å². The van der Waals surface area contributed by atoms with Gasteiger partial charge in [-0.1, -0.05) is 30.1 Å². The number of hydrogen-bond donors (Lipinski definition) is 1. The molecule has 1 aromatic rings. The number of rotatable bonds is 4. The minimum absolute atomic E-state index is 0.119. The highest BCUT2D eigenvalue weighted by Crippen LogP contribution is 2.33. The average Bonchev–Trinajstić information content (AvgIpc) is 2.21. The zero-order chi connectivity index (χ0) is 11.4. The van der Waals surface area contributed by atoms with E-state index in [2.05, 4.69) is 6.92 Å². The maximum atomic E-state index is 6.05. The molecule has 4 heteroatoms. The summed E-state index contributed by atoms with van der Waals surface area (Å²) in [7, 11) is 0. The predicted molar refractivity (Wildman–Crippen MR) is 64.7 cm³/mol. The largest absolute Gasteiger partial charge is 0.489 e. The van der Waals surface area contributed by atoms with Crippen molar-refractivity contribution in [2.75, 3.05) is 0 Å². The molecule has 1 aromatic carbocycles. The average molecular weight is 248 g/mol. The molecule has 1 atom stereocenters. The molecule has 0 radical (unpaired) electrons. The topological polar surface area (TPSA) is 35.2 Å². The first-order valence-corrected chi connectivity index (χ1v) is 5.68. The maximum absolute atomic E-state index is 6.05. The van der Waals surface area contributed by atoms with Gasteiger partial charge in [0.15, 0.2) is 0 Å². The summed E-state index contributed by atoms with van der Waals surface area (Å²) in [4.78, 5) is 0. The molecule has 0 aliphatic carbocycles. The third kappa shape index (κ3) is 3.26. The third-order valence-electron chi connectivity index (χ3n) is 2.20. The molecule has 0 amide bonds. The lowest BCUT2D eigenvalue weighted by Gasteiger charge is -2.17. The van der Waals surface area contributed by atoms with Gasteiger partial charge in [-0.2, -0.15) is 0 Å². The SMILES string of the molecule is CCC(C)Oc1c(Cl)cc(Cl)cc1CN. The highest BCUT2D eigenvalue weighted by Gasteiger charge is 2.11. The Labute approximate surface area is 100 Å². The standard InChI is InChI=1S/C11H15Cl2NO/c1-3-7(2)15-11-8(6-14)4-9(12)5-10(11)13/h4-5,7H,3,6,14H2,1-2H3. The van der Waals surface area contributed by atoms with E-state index in [0.29, 0.717) is 22.3 Å². The van der Waals surface area contributed by atoms with Gasteiger partial charge in [0.25, 0.3) is 0 Å². The van der Waals surface area contributed by atoms with Crippen LogP contribution in [0.3, 0.4) is 0 Å². The van der Waals surface area contributed by atoms with Gasteiger partial charge >= 0.3 is 0 Å². The highest BCUT2D eigenvalue weighted by molar-refractivity contribution is 6.35. The highest BCUT2D eigenvalue weighted by atomic mass is 35.5. The molecule has 1 unspecified atom stereocenters. The van der Waals surface area contributed by atoms with Gasteiger partial charge in [0.05, 0.1) is 11.1 Å². The summed E-state index contributed by atoms with van der Waals surface area (Å²) >= 11 is 11.9. The zero-order valence-electron chi connectivity index (χ0n) is 8.89. The quantitative estimate of drug-likeness (QED) is 0.882. The van der Waals surface area contributed by atoms with E-state index in [1.807, 2.05) is 6.92 Å². The summed E-state index contributed by atoms with van der Waals surface area (Å²) in [5.41, 5.74) is 6.45. The van der Waals surface area contributed by atoms with Gasteiger partial charge in [0.2, 0.25) is 0 Å². The smallest absolute Gasteiger partial charge is 0.142 e. The second-order valence-corrected chi connectivity index (χ2v) is 4.26. The number of halogens is 2. The van der Waals surface area contributed by atoms with Crippen molar-refractivity contribution >= 4 is 23.2 Å². The van der Waals surface area contributed by atoms with Gasteiger partial charge in [0, 0.05) is 17.1 Å². The van der Waals surface area contributed by atoms with Crippen LogP contribution in [0.4, 0.5) is 0 Å². The lowest BCUT2D eigenvalue weighted by molar-refractivity contribution is 0.215. The van der Waals surface area contributed by atoms with Crippen LogP contribution in [-0.4, -0.2) is 6.10 Å². The second-order valence-electron chi connectivity index (χ2n) is 3.42. The molecule has 0 saturated heterocycles. The Bertz CT molecular complexity index is 342. The molecular weight excluding hydrogens is 233 g/mol. The van der Waals surface area contributed by atoms with E-state index < -0.39 is 0 Å². The molecule has 0 heterocycles. The van der Waals surface area contributed by atoms with E-state index in [1.54, 1.807) is 12.1 Å². The van der Waals surface area contributed by atoms with Crippen molar-refractivity contribution in [1.29, 1.82) is 0 Å². The van der Waals surface area contributed by atoms with Crippen LogP contribution in [-0.2, 0) is 6.54 Å². The van der Waals surface area contributed by atoms with Gasteiger partial charge in [-0.3, -0.25) is 0 Å². The van der Waals surface area contributed by atoms with Crippen LogP contribution >= 0.6 is 23.2 Å². The van der Waals surface area contributed by atoms with Crippen molar-refractivity contribution in [1.82, 2.24) is 0 Å². The van der Waals surface area contributed by atoms with Crippen molar-refractivity contribution in [2.45, 2.75) is 32.9 Å². The fourth-order valence-electron chi connectivity index (χ4n) is 1.18. The molecule has 1 rings (SSSR count). The fraction of sp³-hybridized carbons (Fsp3) is 0.455. The van der Waals surface area contributed by atoms with Gasteiger partial charge in [-0.05, 0) is 25.5 Å². The van der Waals surface area contributed by atoms with Gasteiger partial charge in [0.1, 0.15) is 5.75 Å². The summed E-state index contributed by atoms with van der Waals surface area (Å²) in [5.74, 6) is 0.651. The first-order valence-electron chi connectivity index (χ1n) is 4.93. The van der Waals surface area contributed by atoms with Crippen LogP contribution < -0.4 is 10.5 Å². The first-order chi connectivity index (χ1) is 7.08. The molecular formula is C11H15Cl2NO. The minimum atomic E-state index is 0.119. The predicted octanol–water partition coefficient (Wildman–Crippen LogP) is 3.63. The molecule has 2 N–H and O–H groups in total. The van der Waals surface area contributed by atoms with Crippen molar-refractivity contribution in [3.8, 4) is 5.75 Å². The van der Waals surface area contributed by atoms with Crippen LogP contribution in [0.25, 0.3) is 0 Å². The molecule has 0 aliphatic heterocycles. The zero-order valence-corrected chi connectivity index (χ0v) is 10.4. The Morgan fingerprint density at radius 2 is 2.07 bits per heavy atom. The Morgan fingerprint density at radius 1 is 1.40 bits per heavy atom. The van der Waals surface area contributed by atoms with Crippen molar-refractivity contribution in [3.63, 3.8) is 0 Å². The molecule has 15 heavy (non-hydrogen) atoms. The summed E-state index contributed by atoms with van der Waals surface area (Å²) < 4.78 is 5.70. The van der Waals surface area contributed by atoms with Crippen LogP contribution in [0.1, 0.15) is 25.8 Å². The lowest BCUT2D eigenvalue weighted by atomic mass is 10.2. The van der Waals surface area contributed by atoms with E-state index in [0.717, 1.165) is 12.0 Å². The molecule has 0 aliphatic rings. The van der Waals surface area contributed by atoms with E-state index in [9.17, 15) is 0 Å². The third-order valence-corrected chi connectivity index (χ3v) is 2.70. The normalized spacial score (nSPS) is 12.6.